The highest BCUT2D eigenvalue weighted by molar-refractivity contribution is 5.85. The maximum Gasteiger partial charge on any atom is 0.237 e. The number of amides is 1. The fraction of sp³-hybridized carbons (Fsp3) is 0.929. The first-order chi connectivity index (χ1) is 8.03. The quantitative estimate of drug-likeness (QED) is 0.726. The topological polar surface area (TPSA) is 55.1 Å². The lowest BCUT2D eigenvalue weighted by molar-refractivity contribution is -0.127. The van der Waals surface area contributed by atoms with Gasteiger partial charge in [0.2, 0.25) is 5.91 Å². The average molecular weight is 240 g/mol. The predicted octanol–water partition coefficient (Wildman–Crippen LogP) is 2.59. The number of primary amides is 1. The second-order valence-electron chi connectivity index (χ2n) is 5.68. The van der Waals surface area contributed by atoms with Crippen LogP contribution in [0.5, 0.6) is 0 Å². The monoisotopic (exact) mass is 240 g/mol. The number of nitrogens with one attached hydrogen (secondary N) is 1. The molecule has 0 aromatic rings. The van der Waals surface area contributed by atoms with Gasteiger partial charge in [0.15, 0.2) is 0 Å². The molecule has 1 aliphatic carbocycles. The Morgan fingerprint density at radius 3 is 2.18 bits per heavy atom. The highest BCUT2D eigenvalue weighted by Crippen LogP contribution is 2.25. The van der Waals surface area contributed by atoms with Gasteiger partial charge < -0.3 is 11.1 Å². The molecule has 0 heterocycles. The van der Waals surface area contributed by atoms with E-state index in [0.29, 0.717) is 6.04 Å². The van der Waals surface area contributed by atoms with Crippen LogP contribution in [-0.2, 0) is 4.79 Å². The van der Waals surface area contributed by atoms with Gasteiger partial charge in [-0.15, -0.1) is 0 Å². The van der Waals surface area contributed by atoms with Gasteiger partial charge in [-0.3, -0.25) is 4.79 Å². The van der Waals surface area contributed by atoms with E-state index in [-0.39, 0.29) is 11.8 Å². The zero-order valence-corrected chi connectivity index (χ0v) is 11.6. The van der Waals surface area contributed by atoms with Crippen molar-refractivity contribution in [1.82, 2.24) is 5.32 Å². The van der Waals surface area contributed by atoms with Crippen LogP contribution in [0.15, 0.2) is 0 Å². The van der Waals surface area contributed by atoms with Crippen LogP contribution in [0, 0.1) is 5.92 Å². The lowest BCUT2D eigenvalue weighted by atomic mass is 9.82. The summed E-state index contributed by atoms with van der Waals surface area (Å²) in [7, 11) is 0. The van der Waals surface area contributed by atoms with Gasteiger partial charge in [0.25, 0.3) is 0 Å². The zero-order valence-electron chi connectivity index (χ0n) is 11.6. The number of rotatable bonds is 5. The van der Waals surface area contributed by atoms with Crippen LogP contribution < -0.4 is 11.1 Å². The van der Waals surface area contributed by atoms with Crippen molar-refractivity contribution in [3.8, 4) is 0 Å². The number of nitrogens with two attached hydrogens (primary N) is 1. The Morgan fingerprint density at radius 1 is 1.29 bits per heavy atom. The summed E-state index contributed by atoms with van der Waals surface area (Å²) in [5.74, 6) is 0.0486. The Labute approximate surface area is 106 Å². The van der Waals surface area contributed by atoms with Gasteiger partial charge in [-0.05, 0) is 25.2 Å². The van der Waals surface area contributed by atoms with E-state index in [1.165, 1.54) is 38.5 Å². The van der Waals surface area contributed by atoms with Crippen molar-refractivity contribution >= 4 is 5.91 Å². The van der Waals surface area contributed by atoms with Crippen LogP contribution in [0.2, 0.25) is 0 Å². The first kappa shape index (κ1) is 14.5. The van der Waals surface area contributed by atoms with Gasteiger partial charge in [0.05, 0.1) is 5.54 Å². The third-order valence-corrected chi connectivity index (χ3v) is 4.30. The fourth-order valence-electron chi connectivity index (χ4n) is 2.99. The van der Waals surface area contributed by atoms with E-state index in [2.05, 4.69) is 26.1 Å². The van der Waals surface area contributed by atoms with Crippen LogP contribution >= 0.6 is 0 Å². The molecule has 0 aromatic carbocycles. The summed E-state index contributed by atoms with van der Waals surface area (Å²) in [6.07, 6.45) is 8.34. The highest BCUT2D eigenvalue weighted by atomic mass is 16.1. The van der Waals surface area contributed by atoms with E-state index in [4.69, 9.17) is 5.73 Å². The summed E-state index contributed by atoms with van der Waals surface area (Å²) < 4.78 is 0. The molecule has 0 saturated heterocycles. The summed E-state index contributed by atoms with van der Waals surface area (Å²) in [6.45, 7) is 6.21. The first-order valence-electron chi connectivity index (χ1n) is 7.10. The standard InChI is InChI=1S/C14H28N2O/c1-4-14(11(2)3,13(15)17)16-12-9-7-5-6-8-10-12/h11-12,16H,4-10H2,1-3H3,(H2,15,17). The maximum atomic E-state index is 11.8. The SMILES string of the molecule is CCC(NC1CCCCCC1)(C(N)=O)C(C)C. The summed E-state index contributed by atoms with van der Waals surface area (Å²) in [4.78, 5) is 11.8. The van der Waals surface area contributed by atoms with Crippen LogP contribution in [0.4, 0.5) is 0 Å². The molecule has 1 saturated carbocycles. The number of carbonyl (C=O) groups excluding carboxylic acids is 1. The van der Waals surface area contributed by atoms with Gasteiger partial charge in [-0.2, -0.15) is 0 Å². The molecule has 100 valence electrons. The first-order valence-corrected chi connectivity index (χ1v) is 7.10. The second kappa shape index (κ2) is 6.39. The van der Waals surface area contributed by atoms with Crippen LogP contribution in [0.1, 0.15) is 65.7 Å². The summed E-state index contributed by atoms with van der Waals surface area (Å²) in [6, 6.07) is 0.465. The molecule has 0 aromatic heterocycles. The molecule has 1 aliphatic rings. The van der Waals surface area contributed by atoms with Gasteiger partial charge in [-0.25, -0.2) is 0 Å². The smallest absolute Gasteiger partial charge is 0.237 e. The van der Waals surface area contributed by atoms with Crippen molar-refractivity contribution in [2.24, 2.45) is 11.7 Å². The van der Waals surface area contributed by atoms with Crippen molar-refractivity contribution in [2.75, 3.05) is 0 Å². The Bertz CT molecular complexity index is 245. The second-order valence-corrected chi connectivity index (χ2v) is 5.68. The molecule has 3 N–H and O–H groups in total. The lowest BCUT2D eigenvalue weighted by Crippen LogP contribution is -2.61. The summed E-state index contributed by atoms with van der Waals surface area (Å²) >= 11 is 0. The minimum atomic E-state index is -0.519. The molecular formula is C14H28N2O. The van der Waals surface area contributed by atoms with Crippen LogP contribution in [0.25, 0.3) is 0 Å². The van der Waals surface area contributed by atoms with Crippen LogP contribution in [0.3, 0.4) is 0 Å². The van der Waals surface area contributed by atoms with Crippen molar-refractivity contribution in [1.29, 1.82) is 0 Å². The Balaban J connectivity index is 2.73. The summed E-state index contributed by atoms with van der Waals surface area (Å²) in [5.41, 5.74) is 5.12. The van der Waals surface area contributed by atoms with Gasteiger partial charge in [0.1, 0.15) is 0 Å². The summed E-state index contributed by atoms with van der Waals surface area (Å²) in [5, 5.41) is 3.58. The number of hydrogen-bond donors (Lipinski definition) is 2. The normalized spacial score (nSPS) is 22.1. The largest absolute Gasteiger partial charge is 0.368 e. The Kier molecular flexibility index (Phi) is 5.44. The molecule has 3 nitrogen and oxygen atoms in total. The molecule has 0 bridgehead atoms. The molecule has 3 heteroatoms. The maximum absolute atomic E-state index is 11.8. The van der Waals surface area contributed by atoms with Crippen molar-refractivity contribution in [3.63, 3.8) is 0 Å². The molecule has 0 radical (unpaired) electrons. The van der Waals surface area contributed by atoms with E-state index in [1.54, 1.807) is 0 Å². The van der Waals surface area contributed by atoms with E-state index in [1.807, 2.05) is 0 Å². The third kappa shape index (κ3) is 3.44. The van der Waals surface area contributed by atoms with E-state index in [0.717, 1.165) is 6.42 Å². The lowest BCUT2D eigenvalue weighted by Gasteiger charge is -2.38. The molecule has 17 heavy (non-hydrogen) atoms. The molecular weight excluding hydrogens is 212 g/mol. The van der Waals surface area contributed by atoms with Crippen LogP contribution in [-0.4, -0.2) is 17.5 Å². The number of carbonyl (C=O) groups is 1. The Morgan fingerprint density at radius 2 is 1.82 bits per heavy atom. The third-order valence-electron chi connectivity index (χ3n) is 4.30. The minimum Gasteiger partial charge on any atom is -0.368 e. The van der Waals surface area contributed by atoms with Crippen molar-refractivity contribution in [3.05, 3.63) is 0 Å². The molecule has 1 unspecified atom stereocenters. The molecule has 0 aliphatic heterocycles. The van der Waals surface area contributed by atoms with Crippen molar-refractivity contribution in [2.45, 2.75) is 77.3 Å². The molecule has 1 fully saturated rings. The van der Waals surface area contributed by atoms with Gasteiger partial charge >= 0.3 is 0 Å². The van der Waals surface area contributed by atoms with E-state index >= 15 is 0 Å². The molecule has 1 amide bonds. The van der Waals surface area contributed by atoms with Crippen molar-refractivity contribution < 1.29 is 4.79 Å². The predicted molar refractivity (Wildman–Crippen MR) is 71.7 cm³/mol. The minimum absolute atomic E-state index is 0.195. The molecule has 1 atom stereocenters. The molecule has 1 rings (SSSR count). The number of hydrogen-bond acceptors (Lipinski definition) is 2. The average Bonchev–Trinajstić information content (AvgIpc) is 2.53. The van der Waals surface area contributed by atoms with E-state index in [9.17, 15) is 4.79 Å². The zero-order chi connectivity index (χ0) is 12.9. The van der Waals surface area contributed by atoms with Gasteiger partial charge in [0, 0.05) is 6.04 Å². The van der Waals surface area contributed by atoms with E-state index < -0.39 is 5.54 Å². The highest BCUT2D eigenvalue weighted by Gasteiger charge is 2.39. The molecule has 0 spiro atoms. The fourth-order valence-corrected chi connectivity index (χ4v) is 2.99. The van der Waals surface area contributed by atoms with Gasteiger partial charge in [-0.1, -0.05) is 46.5 Å². The Hall–Kier alpha value is -0.570.